The van der Waals surface area contributed by atoms with Crippen molar-refractivity contribution in [3.8, 4) is 0 Å². The van der Waals surface area contributed by atoms with Crippen molar-refractivity contribution < 1.29 is 21.6 Å². The van der Waals surface area contributed by atoms with E-state index in [4.69, 9.17) is 23.2 Å². The third-order valence-corrected chi connectivity index (χ3v) is 12.5. The van der Waals surface area contributed by atoms with Crippen molar-refractivity contribution in [1.29, 1.82) is 0 Å². The van der Waals surface area contributed by atoms with Crippen molar-refractivity contribution in [2.24, 2.45) is 0 Å². The van der Waals surface area contributed by atoms with E-state index in [0.29, 0.717) is 15.7 Å². The van der Waals surface area contributed by atoms with Crippen LogP contribution in [-0.2, 0) is 36.8 Å². The fourth-order valence-electron chi connectivity index (χ4n) is 5.21. The first-order chi connectivity index (χ1) is 19.2. The van der Waals surface area contributed by atoms with E-state index < -0.39 is 36.7 Å². The number of halogens is 3. The quantitative estimate of drug-likeness (QED) is 0.355. The van der Waals surface area contributed by atoms with Crippen LogP contribution in [0.1, 0.15) is 26.3 Å². The summed E-state index contributed by atoms with van der Waals surface area (Å²) in [4.78, 5) is 20.0. The molecule has 0 saturated carbocycles. The number of hydrogen-bond acceptors (Lipinski definition) is 6. The summed E-state index contributed by atoms with van der Waals surface area (Å²) in [5, 5.41) is -0.153. The van der Waals surface area contributed by atoms with E-state index in [1.165, 1.54) is 30.3 Å². The molecule has 220 valence electrons. The van der Waals surface area contributed by atoms with Gasteiger partial charge in [0.15, 0.2) is 5.03 Å². The van der Waals surface area contributed by atoms with Gasteiger partial charge in [-0.3, -0.25) is 9.36 Å². The number of benzene rings is 2. The summed E-state index contributed by atoms with van der Waals surface area (Å²) in [5.74, 6) is -0.279. The molecule has 0 N–H and O–H groups in total. The lowest BCUT2D eigenvalue weighted by Gasteiger charge is -2.34. The van der Waals surface area contributed by atoms with Gasteiger partial charge >= 0.3 is 0 Å². The minimum Gasteiger partial charge on any atom is -0.284 e. The molecule has 1 saturated heterocycles. The maximum atomic E-state index is 14.2. The predicted molar refractivity (Wildman–Crippen MR) is 162 cm³/mol. The smallest absolute Gasteiger partial charge is 0.260 e. The van der Waals surface area contributed by atoms with Crippen molar-refractivity contribution in [3.05, 3.63) is 68.7 Å². The van der Waals surface area contributed by atoms with Crippen LogP contribution in [0.4, 0.5) is 11.6 Å². The van der Waals surface area contributed by atoms with E-state index in [1.807, 2.05) is 24.3 Å². The van der Waals surface area contributed by atoms with Crippen LogP contribution in [0.2, 0.25) is 10.0 Å². The number of anilines is 2. The van der Waals surface area contributed by atoms with Gasteiger partial charge in [0.2, 0.25) is 16.0 Å². The van der Waals surface area contributed by atoms with Crippen molar-refractivity contribution in [2.45, 2.75) is 43.0 Å². The van der Waals surface area contributed by atoms with Gasteiger partial charge in [0, 0.05) is 47.1 Å². The average Bonchev–Trinajstić information content (AvgIpc) is 3.43. The summed E-state index contributed by atoms with van der Waals surface area (Å²) in [7, 11) is -7.70. The molecule has 0 bridgehead atoms. The van der Waals surface area contributed by atoms with Gasteiger partial charge in [0.25, 0.3) is 15.9 Å². The Hall–Kier alpha value is -2.00. The van der Waals surface area contributed by atoms with E-state index >= 15 is 0 Å². The minimum atomic E-state index is -4.17. The molecule has 15 heteroatoms. The predicted octanol–water partition coefficient (Wildman–Crippen LogP) is 4.63. The van der Waals surface area contributed by atoms with E-state index in [-0.39, 0.29) is 43.6 Å². The van der Waals surface area contributed by atoms with E-state index in [9.17, 15) is 21.6 Å². The lowest BCUT2D eigenvalue weighted by Crippen LogP contribution is -2.52. The number of rotatable bonds is 7. The molecule has 0 aliphatic carbocycles. The third kappa shape index (κ3) is 5.34. The number of fused-ring (bicyclic) bond motifs is 1. The molecule has 2 aromatic carbocycles. The van der Waals surface area contributed by atoms with Crippen molar-refractivity contribution >= 4 is 76.7 Å². The van der Waals surface area contributed by atoms with Crippen LogP contribution in [0.15, 0.2) is 58.2 Å². The molecule has 0 unspecified atom stereocenters. The second-order valence-electron chi connectivity index (χ2n) is 10.5. The van der Waals surface area contributed by atoms with Gasteiger partial charge in [-0.25, -0.2) is 26.7 Å². The SMILES string of the molecule is CC(C)S(=O)(=O)N1CCN(S(=O)(=O)c2cnc3n2[C@](C)(Cc2ccc(Br)cc2)C(=O)N3c2cc(Cl)cc(Cl)c2)CC1. The highest BCUT2D eigenvalue weighted by Crippen LogP contribution is 2.45. The van der Waals surface area contributed by atoms with Gasteiger partial charge in [-0.15, -0.1) is 0 Å². The number of piperazine rings is 1. The lowest BCUT2D eigenvalue weighted by molar-refractivity contribution is -0.124. The molecular formula is C26H28BrCl2N5O5S2. The van der Waals surface area contributed by atoms with Gasteiger partial charge in [-0.1, -0.05) is 51.3 Å². The fraction of sp³-hybridized carbons (Fsp3) is 0.385. The zero-order chi connectivity index (χ0) is 29.9. The number of sulfonamides is 2. The number of amides is 1. The Morgan fingerprint density at radius 3 is 2.07 bits per heavy atom. The number of nitrogens with zero attached hydrogens (tertiary/aromatic N) is 5. The Bertz CT molecular complexity index is 1700. The summed E-state index contributed by atoms with van der Waals surface area (Å²) in [5.41, 5.74) is -0.208. The Kier molecular flexibility index (Phi) is 8.12. The number of hydrogen-bond donors (Lipinski definition) is 0. The number of carbonyl (C=O) groups is 1. The highest BCUT2D eigenvalue weighted by atomic mass is 79.9. The molecule has 5 rings (SSSR count). The molecule has 41 heavy (non-hydrogen) atoms. The molecule has 2 aliphatic heterocycles. The fourth-order valence-corrected chi connectivity index (χ4v) is 8.86. The summed E-state index contributed by atoms with van der Waals surface area (Å²) in [6.45, 7) is 4.87. The average molecular weight is 705 g/mol. The van der Waals surface area contributed by atoms with Gasteiger partial charge in [0.1, 0.15) is 5.54 Å². The highest BCUT2D eigenvalue weighted by molar-refractivity contribution is 9.10. The molecule has 0 radical (unpaired) electrons. The maximum absolute atomic E-state index is 14.2. The van der Waals surface area contributed by atoms with Crippen LogP contribution in [0.3, 0.4) is 0 Å². The maximum Gasteiger partial charge on any atom is 0.260 e. The van der Waals surface area contributed by atoms with Crippen molar-refractivity contribution in [3.63, 3.8) is 0 Å². The molecule has 2 aliphatic rings. The normalized spacial score (nSPS) is 20.7. The standard InChI is InChI=1S/C26H28BrCl2N5O5S2/c1-17(2)40(36,37)31-8-10-32(11-9-31)41(38,39)23-16-30-25-33(22-13-20(28)12-21(29)14-22)24(35)26(3,34(23)25)15-18-4-6-19(27)7-5-18/h4-7,12-14,16-17H,8-11,15H2,1-3H3/t26-/m1/s1. The Balaban J connectivity index is 1.58. The van der Waals surface area contributed by atoms with Crippen LogP contribution in [0, 0.1) is 0 Å². The number of aromatic nitrogens is 2. The second kappa shape index (κ2) is 10.9. The molecule has 0 spiro atoms. The number of imidazole rings is 1. The Labute approximate surface area is 258 Å². The zero-order valence-corrected chi connectivity index (χ0v) is 27.2. The summed E-state index contributed by atoms with van der Waals surface area (Å²) >= 11 is 15.9. The summed E-state index contributed by atoms with van der Waals surface area (Å²) in [6, 6.07) is 12.1. The highest BCUT2D eigenvalue weighted by Gasteiger charge is 2.52. The molecule has 1 amide bonds. The largest absolute Gasteiger partial charge is 0.284 e. The van der Waals surface area contributed by atoms with Crippen LogP contribution in [0.5, 0.6) is 0 Å². The van der Waals surface area contributed by atoms with E-state index in [0.717, 1.165) is 10.0 Å². The van der Waals surface area contributed by atoms with Crippen LogP contribution in [-0.4, -0.2) is 72.3 Å². The Morgan fingerprint density at radius 1 is 0.951 bits per heavy atom. The second-order valence-corrected chi connectivity index (χ2v) is 16.6. The van der Waals surface area contributed by atoms with Gasteiger partial charge in [-0.2, -0.15) is 8.61 Å². The molecule has 3 heterocycles. The zero-order valence-electron chi connectivity index (χ0n) is 22.5. The molecule has 10 nitrogen and oxygen atoms in total. The molecule has 1 atom stereocenters. The van der Waals surface area contributed by atoms with Crippen LogP contribution in [0.25, 0.3) is 0 Å². The first kappa shape index (κ1) is 30.5. The first-order valence-electron chi connectivity index (χ1n) is 12.8. The third-order valence-electron chi connectivity index (χ3n) is 7.39. The first-order valence-corrected chi connectivity index (χ1v) is 17.3. The van der Waals surface area contributed by atoms with Crippen LogP contribution >= 0.6 is 39.1 Å². The minimum absolute atomic E-state index is 0.0280. The van der Waals surface area contributed by atoms with Crippen LogP contribution < -0.4 is 4.90 Å². The monoisotopic (exact) mass is 703 g/mol. The van der Waals surface area contributed by atoms with Gasteiger partial charge in [0.05, 0.1) is 17.1 Å². The van der Waals surface area contributed by atoms with Gasteiger partial charge < -0.3 is 0 Å². The summed E-state index contributed by atoms with van der Waals surface area (Å²) in [6.07, 6.45) is 1.42. The molecule has 1 fully saturated rings. The van der Waals surface area contributed by atoms with Crippen molar-refractivity contribution in [2.75, 3.05) is 31.1 Å². The Morgan fingerprint density at radius 2 is 1.51 bits per heavy atom. The van der Waals surface area contributed by atoms with E-state index in [1.54, 1.807) is 32.9 Å². The van der Waals surface area contributed by atoms with Crippen molar-refractivity contribution in [1.82, 2.24) is 18.2 Å². The molecule has 3 aromatic rings. The number of carbonyl (C=O) groups excluding carboxylic acids is 1. The van der Waals surface area contributed by atoms with Gasteiger partial charge in [-0.05, 0) is 56.7 Å². The van der Waals surface area contributed by atoms with E-state index in [2.05, 4.69) is 20.9 Å². The summed E-state index contributed by atoms with van der Waals surface area (Å²) < 4.78 is 58.3. The topological polar surface area (TPSA) is 113 Å². The molecule has 1 aromatic heterocycles. The molecular weight excluding hydrogens is 677 g/mol. The lowest BCUT2D eigenvalue weighted by atomic mass is 9.92.